The van der Waals surface area contributed by atoms with E-state index >= 15 is 0 Å². The molecule has 0 unspecified atom stereocenters. The van der Waals surface area contributed by atoms with Crippen LogP contribution in [0.25, 0.3) is 16.9 Å². The molecule has 0 N–H and O–H groups in total. The van der Waals surface area contributed by atoms with E-state index < -0.39 is 0 Å². The van der Waals surface area contributed by atoms with Crippen molar-refractivity contribution in [2.24, 2.45) is 0 Å². The zero-order valence-electron chi connectivity index (χ0n) is 9.29. The Morgan fingerprint density at radius 2 is 2.24 bits per heavy atom. The third-order valence-electron chi connectivity index (χ3n) is 2.59. The number of methoxy groups -OCH3 is 1. The first-order valence-electron chi connectivity index (χ1n) is 5.24. The van der Waals surface area contributed by atoms with Crippen LogP contribution in [0.2, 0.25) is 0 Å². The lowest BCUT2D eigenvalue weighted by Gasteiger charge is -2.03. The van der Waals surface area contributed by atoms with Crippen LogP contribution in [0.1, 0.15) is 0 Å². The maximum Gasteiger partial charge on any atom is 0.154 e. The molecular weight excluding hydrogens is 214 g/mol. The normalized spacial score (nSPS) is 10.6. The zero-order valence-corrected chi connectivity index (χ0v) is 9.29. The van der Waals surface area contributed by atoms with E-state index in [1.165, 1.54) is 0 Å². The molecule has 2 aromatic heterocycles. The highest BCUT2D eigenvalue weighted by Crippen LogP contribution is 2.23. The lowest BCUT2D eigenvalue weighted by atomic mass is 10.1. The molecule has 0 atom stereocenters. The predicted molar refractivity (Wildman–Crippen MR) is 63.8 cm³/mol. The minimum absolute atomic E-state index is 0.807. The molecule has 4 nitrogen and oxygen atoms in total. The lowest BCUT2D eigenvalue weighted by molar-refractivity contribution is 0.415. The molecular formula is C13H10N3O. The highest BCUT2D eigenvalue weighted by atomic mass is 16.5. The van der Waals surface area contributed by atoms with Crippen LogP contribution in [0, 0.1) is 6.20 Å². The van der Waals surface area contributed by atoms with Crippen LogP contribution < -0.4 is 4.74 Å². The molecule has 1 radical (unpaired) electrons. The van der Waals surface area contributed by atoms with Gasteiger partial charge in [0.25, 0.3) is 0 Å². The fourth-order valence-corrected chi connectivity index (χ4v) is 1.76. The Bertz CT molecular complexity index is 660. The van der Waals surface area contributed by atoms with Gasteiger partial charge < -0.3 is 4.74 Å². The Hall–Kier alpha value is -2.36. The van der Waals surface area contributed by atoms with Crippen LogP contribution in [-0.2, 0) is 0 Å². The van der Waals surface area contributed by atoms with Gasteiger partial charge in [-0.05, 0) is 24.3 Å². The van der Waals surface area contributed by atoms with Crippen LogP contribution >= 0.6 is 0 Å². The van der Waals surface area contributed by atoms with Gasteiger partial charge in [-0.1, -0.05) is 12.1 Å². The van der Waals surface area contributed by atoms with Gasteiger partial charge in [-0.2, -0.15) is 5.10 Å². The second kappa shape index (κ2) is 3.90. The van der Waals surface area contributed by atoms with Crippen LogP contribution in [0.5, 0.6) is 5.75 Å². The third-order valence-corrected chi connectivity index (χ3v) is 2.59. The van der Waals surface area contributed by atoms with E-state index in [1.54, 1.807) is 23.9 Å². The molecule has 4 heteroatoms. The molecule has 17 heavy (non-hydrogen) atoms. The monoisotopic (exact) mass is 224 g/mol. The van der Waals surface area contributed by atoms with Gasteiger partial charge in [0.05, 0.1) is 19.0 Å². The van der Waals surface area contributed by atoms with E-state index in [1.807, 2.05) is 30.3 Å². The number of fused-ring (bicyclic) bond motifs is 1. The average Bonchev–Trinajstić information content (AvgIpc) is 2.82. The molecule has 3 rings (SSSR count). The maximum absolute atomic E-state index is 5.21. The van der Waals surface area contributed by atoms with Gasteiger partial charge in [-0.15, -0.1) is 0 Å². The Morgan fingerprint density at radius 1 is 1.29 bits per heavy atom. The highest BCUT2D eigenvalue weighted by Gasteiger charge is 2.06. The van der Waals surface area contributed by atoms with Crippen LogP contribution in [-0.4, -0.2) is 21.7 Å². The number of rotatable bonds is 2. The lowest BCUT2D eigenvalue weighted by Crippen LogP contribution is -1.93. The second-order valence-electron chi connectivity index (χ2n) is 3.61. The smallest absolute Gasteiger partial charge is 0.154 e. The number of imidazole rings is 1. The molecule has 0 aliphatic heterocycles. The number of benzene rings is 1. The Kier molecular flexibility index (Phi) is 2.26. The van der Waals surface area contributed by atoms with Gasteiger partial charge in [0.1, 0.15) is 11.9 Å². The molecule has 1 aromatic carbocycles. The van der Waals surface area contributed by atoms with Crippen molar-refractivity contribution in [3.63, 3.8) is 0 Å². The van der Waals surface area contributed by atoms with Crippen molar-refractivity contribution in [2.75, 3.05) is 7.11 Å². The van der Waals surface area contributed by atoms with Crippen molar-refractivity contribution in [3.8, 4) is 17.0 Å². The van der Waals surface area contributed by atoms with E-state index in [4.69, 9.17) is 4.74 Å². The van der Waals surface area contributed by atoms with Gasteiger partial charge in [0.15, 0.2) is 5.65 Å². The van der Waals surface area contributed by atoms with Gasteiger partial charge in [0.2, 0.25) is 0 Å². The van der Waals surface area contributed by atoms with E-state index in [2.05, 4.69) is 16.3 Å². The van der Waals surface area contributed by atoms with Crippen molar-refractivity contribution >= 4 is 5.65 Å². The minimum atomic E-state index is 0.807. The molecule has 2 heterocycles. The molecule has 0 saturated heterocycles. The summed E-state index contributed by atoms with van der Waals surface area (Å²) in [5.41, 5.74) is 2.75. The van der Waals surface area contributed by atoms with Crippen molar-refractivity contribution < 1.29 is 4.74 Å². The van der Waals surface area contributed by atoms with E-state index in [-0.39, 0.29) is 0 Å². The summed E-state index contributed by atoms with van der Waals surface area (Å²) in [5.74, 6) is 0.817. The fourth-order valence-electron chi connectivity index (χ4n) is 1.76. The number of aromatic nitrogens is 3. The minimum Gasteiger partial charge on any atom is -0.497 e. The number of hydrogen-bond donors (Lipinski definition) is 0. The topological polar surface area (TPSA) is 39.4 Å². The van der Waals surface area contributed by atoms with Crippen LogP contribution in [0.4, 0.5) is 0 Å². The molecule has 0 bridgehead atoms. The summed E-state index contributed by atoms with van der Waals surface area (Å²) in [5, 5.41) is 4.16. The largest absolute Gasteiger partial charge is 0.497 e. The van der Waals surface area contributed by atoms with Crippen molar-refractivity contribution in [1.29, 1.82) is 0 Å². The number of hydrogen-bond acceptors (Lipinski definition) is 3. The predicted octanol–water partition coefficient (Wildman–Crippen LogP) is 2.21. The van der Waals surface area contributed by atoms with Gasteiger partial charge >= 0.3 is 0 Å². The Labute approximate surface area is 98.5 Å². The second-order valence-corrected chi connectivity index (χ2v) is 3.61. The molecule has 83 valence electrons. The first kappa shape index (κ1) is 9.84. The standard InChI is InChI=1S/C13H10N3O/c1-17-11-5-2-4-10(8-11)12-9-14-13-6-3-7-15-16(12)13/h2-6,8-9H,1H3. The van der Waals surface area contributed by atoms with E-state index in [0.29, 0.717) is 0 Å². The molecule has 0 aliphatic rings. The molecule has 0 fully saturated rings. The molecule has 0 spiro atoms. The molecule has 0 amide bonds. The first-order chi connectivity index (χ1) is 8.38. The summed E-state index contributed by atoms with van der Waals surface area (Å²) in [4.78, 5) is 4.29. The summed E-state index contributed by atoms with van der Waals surface area (Å²) < 4.78 is 6.97. The molecule has 0 saturated carbocycles. The SMILES string of the molecule is COc1cccc(-c2cnc3cc[c]nn23)c1. The number of ether oxygens (including phenoxy) is 1. The summed E-state index contributed by atoms with van der Waals surface area (Å²) in [6.45, 7) is 0. The summed E-state index contributed by atoms with van der Waals surface area (Å²) in [6, 6.07) is 11.4. The Balaban J connectivity index is 2.20. The maximum atomic E-state index is 5.21. The Morgan fingerprint density at radius 3 is 3.12 bits per heavy atom. The highest BCUT2D eigenvalue weighted by molar-refractivity contribution is 5.64. The average molecular weight is 224 g/mol. The summed E-state index contributed by atoms with van der Waals surface area (Å²) in [7, 11) is 1.65. The van der Waals surface area contributed by atoms with Gasteiger partial charge in [-0.25, -0.2) is 9.50 Å². The number of nitrogens with zero attached hydrogens (tertiary/aromatic N) is 3. The third kappa shape index (κ3) is 1.63. The van der Waals surface area contributed by atoms with Crippen molar-refractivity contribution in [2.45, 2.75) is 0 Å². The zero-order chi connectivity index (χ0) is 11.7. The summed E-state index contributed by atoms with van der Waals surface area (Å²) in [6.07, 6.45) is 4.60. The van der Waals surface area contributed by atoms with Crippen LogP contribution in [0.3, 0.4) is 0 Å². The van der Waals surface area contributed by atoms with Crippen molar-refractivity contribution in [3.05, 3.63) is 48.8 Å². The van der Waals surface area contributed by atoms with Gasteiger partial charge in [-0.3, -0.25) is 0 Å². The molecule has 3 aromatic rings. The summed E-state index contributed by atoms with van der Waals surface area (Å²) >= 11 is 0. The van der Waals surface area contributed by atoms with Crippen LogP contribution in [0.15, 0.2) is 42.6 Å². The quantitative estimate of drug-likeness (QED) is 0.670. The first-order valence-corrected chi connectivity index (χ1v) is 5.24. The van der Waals surface area contributed by atoms with Gasteiger partial charge in [0, 0.05) is 5.56 Å². The fraction of sp³-hybridized carbons (Fsp3) is 0.0769. The van der Waals surface area contributed by atoms with E-state index in [9.17, 15) is 0 Å². The van der Waals surface area contributed by atoms with E-state index in [0.717, 1.165) is 22.7 Å². The molecule has 0 aliphatic carbocycles. The van der Waals surface area contributed by atoms with Crippen molar-refractivity contribution in [1.82, 2.24) is 14.6 Å².